The van der Waals surface area contributed by atoms with E-state index in [4.69, 9.17) is 17.0 Å². The van der Waals surface area contributed by atoms with Crippen LogP contribution in [0.3, 0.4) is 0 Å². The Hall–Kier alpha value is -0.840. The second-order valence-corrected chi connectivity index (χ2v) is 4.60. The maximum absolute atomic E-state index is 11.6. The molecule has 4 nitrogen and oxygen atoms in total. The van der Waals surface area contributed by atoms with E-state index in [2.05, 4.69) is 5.32 Å². The van der Waals surface area contributed by atoms with Crippen LogP contribution in [0.2, 0.25) is 0 Å². The second kappa shape index (κ2) is 4.13. The minimum absolute atomic E-state index is 0.366. The van der Waals surface area contributed by atoms with E-state index in [0.29, 0.717) is 11.7 Å². The number of hydrogen-bond acceptors (Lipinski definition) is 3. The van der Waals surface area contributed by atoms with Crippen LogP contribution >= 0.6 is 12.2 Å². The van der Waals surface area contributed by atoms with E-state index in [9.17, 15) is 4.79 Å². The quantitative estimate of drug-likeness (QED) is 0.623. The van der Waals surface area contributed by atoms with Crippen molar-refractivity contribution in [2.24, 2.45) is 0 Å². The number of amides is 1. The molecule has 1 N–H and O–H groups in total. The minimum Gasteiger partial charge on any atom is -0.443 e. The van der Waals surface area contributed by atoms with Gasteiger partial charge < -0.3 is 10.1 Å². The maximum Gasteiger partial charge on any atom is 0.416 e. The molecule has 0 aliphatic carbocycles. The van der Waals surface area contributed by atoms with Crippen molar-refractivity contribution >= 4 is 23.4 Å². The summed E-state index contributed by atoms with van der Waals surface area (Å²) in [5, 5.41) is 3.42. The van der Waals surface area contributed by atoms with Gasteiger partial charge in [-0.1, -0.05) is 0 Å². The lowest BCUT2D eigenvalue weighted by Crippen LogP contribution is -2.50. The van der Waals surface area contributed by atoms with Crippen molar-refractivity contribution in [3.63, 3.8) is 0 Å². The molecule has 1 saturated heterocycles. The molecule has 0 atom stereocenters. The first kappa shape index (κ1) is 11.2. The van der Waals surface area contributed by atoms with Crippen molar-refractivity contribution < 1.29 is 9.53 Å². The highest BCUT2D eigenvalue weighted by Crippen LogP contribution is 2.11. The molecule has 0 spiro atoms. The number of nitrogens with zero attached hydrogens (tertiary/aromatic N) is 1. The zero-order valence-corrected chi connectivity index (χ0v) is 9.61. The van der Waals surface area contributed by atoms with Gasteiger partial charge in [0.25, 0.3) is 0 Å². The molecule has 1 aliphatic rings. The summed E-state index contributed by atoms with van der Waals surface area (Å²) in [6.07, 6.45) is 0.536. The first-order chi connectivity index (χ1) is 6.40. The van der Waals surface area contributed by atoms with Crippen molar-refractivity contribution in [3.8, 4) is 0 Å². The van der Waals surface area contributed by atoms with Crippen LogP contribution in [0.1, 0.15) is 27.2 Å². The number of rotatable bonds is 0. The normalized spacial score (nSPS) is 17.6. The third-order valence-corrected chi connectivity index (χ3v) is 2.06. The number of ether oxygens (including phenoxy) is 1. The van der Waals surface area contributed by atoms with E-state index in [1.165, 1.54) is 4.90 Å². The van der Waals surface area contributed by atoms with Gasteiger partial charge >= 0.3 is 6.09 Å². The molecular weight excluding hydrogens is 200 g/mol. The van der Waals surface area contributed by atoms with Crippen LogP contribution in [0.4, 0.5) is 4.79 Å². The van der Waals surface area contributed by atoms with Gasteiger partial charge in [-0.05, 0) is 39.4 Å². The van der Waals surface area contributed by atoms with Crippen molar-refractivity contribution in [2.75, 3.05) is 13.1 Å². The molecule has 0 aromatic carbocycles. The third-order valence-electron chi connectivity index (χ3n) is 1.69. The summed E-state index contributed by atoms with van der Waals surface area (Å²) >= 11 is 5.01. The van der Waals surface area contributed by atoms with Gasteiger partial charge in [0.2, 0.25) is 0 Å². The lowest BCUT2D eigenvalue weighted by atomic mass is 10.2. The Labute approximate surface area is 89.6 Å². The molecule has 1 rings (SSSR count). The number of carbonyl (C=O) groups excluding carboxylic acids is 1. The van der Waals surface area contributed by atoms with E-state index in [1.807, 2.05) is 20.8 Å². The highest BCUT2D eigenvalue weighted by atomic mass is 32.1. The van der Waals surface area contributed by atoms with Gasteiger partial charge in [-0.2, -0.15) is 0 Å². The summed E-state index contributed by atoms with van der Waals surface area (Å²) in [6.45, 7) is 6.99. The summed E-state index contributed by atoms with van der Waals surface area (Å²) in [6, 6.07) is 0. The Balaban J connectivity index is 2.55. The van der Waals surface area contributed by atoms with E-state index >= 15 is 0 Å². The molecule has 5 heteroatoms. The fourth-order valence-corrected chi connectivity index (χ4v) is 1.39. The summed E-state index contributed by atoms with van der Waals surface area (Å²) in [5.74, 6) is 0. The number of hydrogen-bond donors (Lipinski definition) is 1. The van der Waals surface area contributed by atoms with Gasteiger partial charge in [0.1, 0.15) is 5.60 Å². The van der Waals surface area contributed by atoms with Crippen LogP contribution in [-0.2, 0) is 4.74 Å². The molecule has 0 aromatic rings. The van der Waals surface area contributed by atoms with Gasteiger partial charge in [0.15, 0.2) is 5.11 Å². The van der Waals surface area contributed by atoms with E-state index < -0.39 is 5.60 Å². The monoisotopic (exact) mass is 216 g/mol. The van der Waals surface area contributed by atoms with Gasteiger partial charge in [-0.3, -0.25) is 4.90 Å². The molecule has 0 saturated carbocycles. The van der Waals surface area contributed by atoms with E-state index in [0.717, 1.165) is 13.0 Å². The van der Waals surface area contributed by atoms with Gasteiger partial charge in [-0.15, -0.1) is 0 Å². The molecule has 80 valence electrons. The summed E-state index contributed by atoms with van der Waals surface area (Å²) in [5.41, 5.74) is -0.468. The van der Waals surface area contributed by atoms with Gasteiger partial charge in [0.05, 0.1) is 0 Å². The smallest absolute Gasteiger partial charge is 0.416 e. The minimum atomic E-state index is -0.468. The zero-order valence-electron chi connectivity index (χ0n) is 8.79. The average Bonchev–Trinajstić information content (AvgIpc) is 2.01. The number of carbonyl (C=O) groups is 1. The fraction of sp³-hybridized carbons (Fsp3) is 0.778. The molecule has 0 bridgehead atoms. The molecule has 0 radical (unpaired) electrons. The second-order valence-electron chi connectivity index (χ2n) is 4.22. The number of nitrogens with one attached hydrogen (secondary N) is 1. The standard InChI is InChI=1S/C9H16N2O2S/c1-9(2,3)13-8(12)11-6-4-5-10-7(11)14/h4-6H2,1-3H3,(H,10,14). The van der Waals surface area contributed by atoms with Crippen molar-refractivity contribution in [1.82, 2.24) is 10.2 Å². The SMILES string of the molecule is CC(C)(C)OC(=O)N1CCCNC1=S. The molecule has 1 aliphatic heterocycles. The first-order valence-corrected chi connectivity index (χ1v) is 5.09. The molecule has 0 aromatic heterocycles. The van der Waals surface area contributed by atoms with Gasteiger partial charge in [0, 0.05) is 13.1 Å². The Bertz CT molecular complexity index is 248. The van der Waals surface area contributed by atoms with Crippen molar-refractivity contribution in [2.45, 2.75) is 32.8 Å². The predicted octanol–water partition coefficient (Wildman–Crippen LogP) is 1.50. The molecule has 1 fully saturated rings. The Morgan fingerprint density at radius 2 is 2.21 bits per heavy atom. The van der Waals surface area contributed by atoms with Crippen LogP contribution < -0.4 is 5.32 Å². The average molecular weight is 216 g/mol. The van der Waals surface area contributed by atoms with Crippen LogP contribution in [0, 0.1) is 0 Å². The van der Waals surface area contributed by atoms with E-state index in [1.54, 1.807) is 0 Å². The molecule has 0 unspecified atom stereocenters. The highest BCUT2D eigenvalue weighted by molar-refractivity contribution is 7.80. The number of thiocarbonyl (C=S) groups is 1. The molecule has 1 amide bonds. The Morgan fingerprint density at radius 3 is 2.71 bits per heavy atom. The largest absolute Gasteiger partial charge is 0.443 e. The summed E-state index contributed by atoms with van der Waals surface area (Å²) in [4.78, 5) is 13.1. The lowest BCUT2D eigenvalue weighted by molar-refractivity contribution is 0.0358. The zero-order chi connectivity index (χ0) is 10.8. The van der Waals surface area contributed by atoms with Crippen molar-refractivity contribution in [1.29, 1.82) is 0 Å². The summed E-state index contributed by atoms with van der Waals surface area (Å²) in [7, 11) is 0. The third kappa shape index (κ3) is 3.14. The Morgan fingerprint density at radius 1 is 1.57 bits per heavy atom. The van der Waals surface area contributed by atoms with E-state index in [-0.39, 0.29) is 6.09 Å². The fourth-order valence-electron chi connectivity index (χ4n) is 1.12. The molecule has 1 heterocycles. The predicted molar refractivity (Wildman–Crippen MR) is 58.2 cm³/mol. The van der Waals surface area contributed by atoms with Crippen molar-refractivity contribution in [3.05, 3.63) is 0 Å². The van der Waals surface area contributed by atoms with Gasteiger partial charge in [-0.25, -0.2) is 4.79 Å². The lowest BCUT2D eigenvalue weighted by Gasteiger charge is -2.30. The highest BCUT2D eigenvalue weighted by Gasteiger charge is 2.26. The molecular formula is C9H16N2O2S. The van der Waals surface area contributed by atoms with Crippen LogP contribution in [0.25, 0.3) is 0 Å². The van der Waals surface area contributed by atoms with Crippen LogP contribution in [0.5, 0.6) is 0 Å². The maximum atomic E-state index is 11.6. The topological polar surface area (TPSA) is 41.6 Å². The summed E-state index contributed by atoms with van der Waals surface area (Å²) < 4.78 is 5.21. The Kier molecular flexibility index (Phi) is 3.31. The van der Waals surface area contributed by atoms with Crippen LogP contribution in [-0.4, -0.2) is 34.8 Å². The first-order valence-electron chi connectivity index (χ1n) is 4.68. The molecule has 14 heavy (non-hydrogen) atoms. The van der Waals surface area contributed by atoms with Crippen LogP contribution in [0.15, 0.2) is 0 Å².